The van der Waals surface area contributed by atoms with E-state index in [4.69, 9.17) is 9.47 Å². The van der Waals surface area contributed by atoms with E-state index in [1.54, 1.807) is 38.1 Å². The Morgan fingerprint density at radius 2 is 1.60 bits per heavy atom. The van der Waals surface area contributed by atoms with E-state index in [1.807, 2.05) is 0 Å². The van der Waals surface area contributed by atoms with Crippen LogP contribution in [0.25, 0.3) is 0 Å². The van der Waals surface area contributed by atoms with Crippen molar-refractivity contribution in [1.82, 2.24) is 0 Å². The van der Waals surface area contributed by atoms with E-state index >= 15 is 0 Å². The van der Waals surface area contributed by atoms with Crippen molar-refractivity contribution in [3.05, 3.63) is 35.4 Å². The van der Waals surface area contributed by atoms with Gasteiger partial charge in [0.05, 0.1) is 20.3 Å². The molecule has 0 aromatic heterocycles. The third-order valence-electron chi connectivity index (χ3n) is 2.97. The van der Waals surface area contributed by atoms with Crippen LogP contribution in [0.4, 0.5) is 4.79 Å². The molecule has 0 amide bonds. The molecule has 0 saturated carbocycles. The molecule has 0 aliphatic rings. The van der Waals surface area contributed by atoms with Crippen molar-refractivity contribution < 1.29 is 33.3 Å². The molecule has 1 aromatic rings. The van der Waals surface area contributed by atoms with E-state index in [0.29, 0.717) is 11.1 Å². The Hall–Kier alpha value is -3.01. The number of methoxy groups -OCH3 is 1. The van der Waals surface area contributed by atoms with Gasteiger partial charge in [0.1, 0.15) is 0 Å². The molecule has 0 unspecified atom stereocenters. The van der Waals surface area contributed by atoms with Gasteiger partial charge >= 0.3 is 18.1 Å². The van der Waals surface area contributed by atoms with Crippen LogP contribution in [0.1, 0.15) is 30.9 Å². The standard InChI is InChI=1S/C18H20O7/c1-4-23-16(19)15(17(20)24-5-2)14-11-7-6-9-13(14)10-8-12-25-18(21)22-3/h6-7,9,11,15H,4-5,12H2,1-3H3. The lowest BCUT2D eigenvalue weighted by Crippen LogP contribution is -2.27. The number of rotatable bonds is 6. The van der Waals surface area contributed by atoms with Crippen molar-refractivity contribution in [2.75, 3.05) is 26.9 Å². The molecule has 134 valence electrons. The molecule has 0 bridgehead atoms. The Kier molecular flexibility index (Phi) is 8.58. The summed E-state index contributed by atoms with van der Waals surface area (Å²) in [4.78, 5) is 35.3. The fourth-order valence-electron chi connectivity index (χ4n) is 1.95. The second kappa shape index (κ2) is 10.7. The highest BCUT2D eigenvalue weighted by molar-refractivity contribution is 6.01. The van der Waals surface area contributed by atoms with Crippen LogP contribution in [0.5, 0.6) is 0 Å². The number of ether oxygens (including phenoxy) is 4. The summed E-state index contributed by atoms with van der Waals surface area (Å²) in [5.74, 6) is 2.75. The SMILES string of the molecule is CCOC(=O)C(C(=O)OCC)c1ccccc1C#CCOC(=O)OC. The predicted octanol–water partition coefficient (Wildman–Crippen LogP) is 2.03. The molecule has 1 aromatic carbocycles. The third-order valence-corrected chi connectivity index (χ3v) is 2.97. The number of esters is 2. The van der Waals surface area contributed by atoms with Crippen LogP contribution >= 0.6 is 0 Å². The lowest BCUT2D eigenvalue weighted by atomic mass is 9.94. The average Bonchev–Trinajstić information content (AvgIpc) is 2.60. The maximum atomic E-state index is 12.2. The first-order chi connectivity index (χ1) is 12.0. The van der Waals surface area contributed by atoms with Crippen LogP contribution < -0.4 is 0 Å². The molecule has 0 N–H and O–H groups in total. The first-order valence-corrected chi connectivity index (χ1v) is 7.66. The van der Waals surface area contributed by atoms with Gasteiger partial charge in [-0.15, -0.1) is 0 Å². The van der Waals surface area contributed by atoms with Gasteiger partial charge in [-0.1, -0.05) is 30.0 Å². The number of carbonyl (C=O) groups excluding carboxylic acids is 3. The molecule has 0 atom stereocenters. The highest BCUT2D eigenvalue weighted by Crippen LogP contribution is 2.23. The Morgan fingerprint density at radius 3 is 2.16 bits per heavy atom. The van der Waals surface area contributed by atoms with Crippen LogP contribution in [-0.2, 0) is 28.5 Å². The van der Waals surface area contributed by atoms with Gasteiger partial charge in [-0.25, -0.2) is 4.79 Å². The quantitative estimate of drug-likeness (QED) is 0.336. The lowest BCUT2D eigenvalue weighted by molar-refractivity contribution is -0.156. The minimum atomic E-state index is -1.23. The number of carbonyl (C=O) groups is 3. The molecule has 0 spiro atoms. The van der Waals surface area contributed by atoms with Crippen molar-refractivity contribution in [3.8, 4) is 11.8 Å². The van der Waals surface area contributed by atoms with Gasteiger partial charge in [0, 0.05) is 5.56 Å². The number of benzene rings is 1. The van der Waals surface area contributed by atoms with Crippen LogP contribution in [0, 0.1) is 11.8 Å². The van der Waals surface area contributed by atoms with Crippen LogP contribution in [0.3, 0.4) is 0 Å². The number of hydrogen-bond donors (Lipinski definition) is 0. The smallest absolute Gasteiger partial charge is 0.465 e. The molecule has 0 radical (unpaired) electrons. The van der Waals surface area contributed by atoms with Crippen molar-refractivity contribution in [2.45, 2.75) is 19.8 Å². The largest absolute Gasteiger partial charge is 0.508 e. The summed E-state index contributed by atoms with van der Waals surface area (Å²) < 4.78 is 19.0. The van der Waals surface area contributed by atoms with E-state index in [9.17, 15) is 14.4 Å². The van der Waals surface area contributed by atoms with E-state index in [1.165, 1.54) is 7.11 Å². The lowest BCUT2D eigenvalue weighted by Gasteiger charge is -2.16. The monoisotopic (exact) mass is 348 g/mol. The summed E-state index contributed by atoms with van der Waals surface area (Å²) in [7, 11) is 1.19. The van der Waals surface area contributed by atoms with E-state index < -0.39 is 24.0 Å². The molecule has 0 fully saturated rings. The molecule has 7 heteroatoms. The molecular formula is C18H20O7. The van der Waals surface area contributed by atoms with Crippen LogP contribution in [0.2, 0.25) is 0 Å². The molecule has 25 heavy (non-hydrogen) atoms. The highest BCUT2D eigenvalue weighted by atomic mass is 16.7. The summed E-state index contributed by atoms with van der Waals surface area (Å²) in [6.45, 7) is 3.38. The minimum Gasteiger partial charge on any atom is -0.465 e. The van der Waals surface area contributed by atoms with Gasteiger partial charge in [-0.05, 0) is 25.5 Å². The van der Waals surface area contributed by atoms with Crippen molar-refractivity contribution >= 4 is 18.1 Å². The fraction of sp³-hybridized carbons (Fsp3) is 0.389. The zero-order valence-electron chi connectivity index (χ0n) is 14.4. The molecule has 0 saturated heterocycles. The van der Waals surface area contributed by atoms with Gasteiger partial charge in [0.15, 0.2) is 12.5 Å². The minimum absolute atomic E-state index is 0.134. The zero-order valence-corrected chi connectivity index (χ0v) is 14.4. The molecule has 1 rings (SSSR count). The van der Waals surface area contributed by atoms with Crippen LogP contribution in [0.15, 0.2) is 24.3 Å². The molecule has 0 heterocycles. The van der Waals surface area contributed by atoms with Gasteiger partial charge in [0.2, 0.25) is 0 Å². The van der Waals surface area contributed by atoms with Crippen molar-refractivity contribution in [1.29, 1.82) is 0 Å². The Balaban J connectivity index is 3.11. The summed E-state index contributed by atoms with van der Waals surface area (Å²) in [5.41, 5.74) is 0.798. The zero-order chi connectivity index (χ0) is 18.7. The Morgan fingerprint density at radius 1 is 1.00 bits per heavy atom. The molecular weight excluding hydrogens is 328 g/mol. The molecule has 0 aliphatic heterocycles. The topological polar surface area (TPSA) is 88.1 Å². The van der Waals surface area contributed by atoms with Crippen molar-refractivity contribution in [3.63, 3.8) is 0 Å². The second-order valence-corrected chi connectivity index (χ2v) is 4.57. The maximum Gasteiger partial charge on any atom is 0.508 e. The first kappa shape index (κ1) is 20.0. The van der Waals surface area contributed by atoms with Gasteiger partial charge in [-0.3, -0.25) is 9.59 Å². The van der Waals surface area contributed by atoms with E-state index in [2.05, 4.69) is 21.3 Å². The van der Waals surface area contributed by atoms with Crippen molar-refractivity contribution in [2.24, 2.45) is 0 Å². The van der Waals surface area contributed by atoms with Gasteiger partial charge in [-0.2, -0.15) is 0 Å². The summed E-state index contributed by atoms with van der Waals surface area (Å²) >= 11 is 0. The fourth-order valence-corrected chi connectivity index (χ4v) is 1.95. The maximum absolute atomic E-state index is 12.2. The van der Waals surface area contributed by atoms with Gasteiger partial charge < -0.3 is 18.9 Å². The van der Waals surface area contributed by atoms with E-state index in [0.717, 1.165) is 0 Å². The summed E-state index contributed by atoms with van der Waals surface area (Å²) in [6.07, 6.45) is -0.849. The normalized spacial score (nSPS) is 9.60. The van der Waals surface area contributed by atoms with Gasteiger partial charge in [0.25, 0.3) is 0 Å². The van der Waals surface area contributed by atoms with E-state index in [-0.39, 0.29) is 19.8 Å². The Bertz CT molecular complexity index is 651. The average molecular weight is 348 g/mol. The number of hydrogen-bond acceptors (Lipinski definition) is 7. The highest BCUT2D eigenvalue weighted by Gasteiger charge is 2.32. The molecule has 7 nitrogen and oxygen atoms in total. The summed E-state index contributed by atoms with van der Waals surface area (Å²) in [6, 6.07) is 6.63. The second-order valence-electron chi connectivity index (χ2n) is 4.57. The molecule has 0 aliphatic carbocycles. The first-order valence-electron chi connectivity index (χ1n) is 7.66. The third kappa shape index (κ3) is 6.18. The van der Waals surface area contributed by atoms with Crippen LogP contribution in [-0.4, -0.2) is 45.0 Å². The Labute approximate surface area is 146 Å². The predicted molar refractivity (Wildman–Crippen MR) is 87.7 cm³/mol. The summed E-state index contributed by atoms with van der Waals surface area (Å²) in [5, 5.41) is 0.